The van der Waals surface area contributed by atoms with E-state index in [1.165, 1.54) is 6.33 Å². The molecule has 3 aromatic rings. The third-order valence-electron chi connectivity index (χ3n) is 5.91. The molecule has 0 aliphatic carbocycles. The number of aromatic amines is 1. The number of hydrogen-bond donors (Lipinski definition) is 2. The largest absolute Gasteiger partial charge is 0.384 e. The van der Waals surface area contributed by atoms with Crippen molar-refractivity contribution in [1.29, 1.82) is 0 Å². The maximum absolute atomic E-state index is 12.8. The number of rotatable bonds is 3. The first-order chi connectivity index (χ1) is 14.4. The van der Waals surface area contributed by atoms with Crippen LogP contribution in [-0.2, 0) is 13.1 Å². The van der Waals surface area contributed by atoms with Crippen molar-refractivity contribution in [1.82, 2.24) is 29.4 Å². The first kappa shape index (κ1) is 18.7. The molecule has 5 rings (SSSR count). The highest BCUT2D eigenvalue weighted by Gasteiger charge is 2.35. The zero-order valence-electron chi connectivity index (χ0n) is 16.7. The Labute approximate surface area is 172 Å². The van der Waals surface area contributed by atoms with E-state index in [0.717, 1.165) is 36.5 Å². The number of aromatic nitrogens is 5. The average molecular weight is 405 g/mol. The number of anilines is 1. The third kappa shape index (κ3) is 3.52. The fourth-order valence-electron chi connectivity index (χ4n) is 4.82. The van der Waals surface area contributed by atoms with E-state index in [4.69, 9.17) is 5.73 Å². The predicted molar refractivity (Wildman–Crippen MR) is 112 cm³/mol. The molecule has 2 aliphatic heterocycles. The highest BCUT2D eigenvalue weighted by Crippen LogP contribution is 2.36. The average Bonchev–Trinajstić information content (AvgIpc) is 2.68. The predicted octanol–water partition coefficient (Wildman–Crippen LogP) is 0.899. The molecule has 2 bridgehead atoms. The van der Waals surface area contributed by atoms with E-state index in [0.29, 0.717) is 36.3 Å². The van der Waals surface area contributed by atoms with Crippen molar-refractivity contribution in [3.05, 3.63) is 68.5 Å². The quantitative estimate of drug-likeness (QED) is 0.664. The van der Waals surface area contributed by atoms with Crippen LogP contribution in [0.4, 0.5) is 5.82 Å². The van der Waals surface area contributed by atoms with Crippen molar-refractivity contribution in [3.8, 4) is 11.3 Å². The first-order valence-corrected chi connectivity index (χ1v) is 10.1. The summed E-state index contributed by atoms with van der Waals surface area (Å²) in [6.07, 6.45) is 2.46. The van der Waals surface area contributed by atoms with Crippen LogP contribution in [0.15, 0.2) is 40.2 Å². The van der Waals surface area contributed by atoms with Crippen LogP contribution in [0.1, 0.15) is 29.6 Å². The molecule has 1 fully saturated rings. The van der Waals surface area contributed by atoms with Gasteiger partial charge < -0.3 is 15.3 Å². The summed E-state index contributed by atoms with van der Waals surface area (Å²) in [6.45, 7) is 4.83. The Morgan fingerprint density at radius 2 is 2.00 bits per heavy atom. The van der Waals surface area contributed by atoms with Crippen LogP contribution in [-0.4, -0.2) is 42.5 Å². The molecule has 0 saturated carbocycles. The summed E-state index contributed by atoms with van der Waals surface area (Å²) in [5.41, 5.74) is 8.89. The number of likely N-dealkylation sites (tertiary alicyclic amines) is 1. The summed E-state index contributed by atoms with van der Waals surface area (Å²) in [4.78, 5) is 42.3. The number of nitrogens with one attached hydrogen (secondary N) is 1. The number of H-pyrrole nitrogens is 1. The van der Waals surface area contributed by atoms with Gasteiger partial charge in [-0.1, -0.05) is 0 Å². The molecule has 0 spiro atoms. The minimum atomic E-state index is -0.125. The molecule has 0 radical (unpaired) electrons. The van der Waals surface area contributed by atoms with Gasteiger partial charge in [-0.3, -0.25) is 14.5 Å². The lowest BCUT2D eigenvalue weighted by Gasteiger charge is -2.42. The lowest BCUT2D eigenvalue weighted by atomic mass is 9.82. The Bertz CT molecular complexity index is 1230. The topological polar surface area (TPSA) is 123 Å². The van der Waals surface area contributed by atoms with Gasteiger partial charge in [-0.05, 0) is 25.3 Å². The molecule has 1 saturated heterocycles. The summed E-state index contributed by atoms with van der Waals surface area (Å²) in [6, 6.07) is 6.94. The van der Waals surface area contributed by atoms with Gasteiger partial charge >= 0.3 is 0 Å². The third-order valence-corrected chi connectivity index (χ3v) is 5.91. The zero-order chi connectivity index (χ0) is 20.8. The summed E-state index contributed by atoms with van der Waals surface area (Å²) in [5, 5.41) is 0. The Hall–Kier alpha value is -3.33. The number of hydrogen-bond acceptors (Lipinski definition) is 7. The van der Waals surface area contributed by atoms with E-state index < -0.39 is 0 Å². The van der Waals surface area contributed by atoms with Crippen molar-refractivity contribution in [3.63, 3.8) is 0 Å². The first-order valence-electron chi connectivity index (χ1n) is 10.1. The van der Waals surface area contributed by atoms with E-state index in [2.05, 4.69) is 30.9 Å². The molecule has 0 aromatic carbocycles. The summed E-state index contributed by atoms with van der Waals surface area (Å²) < 4.78 is 1.90. The van der Waals surface area contributed by atoms with Crippen LogP contribution in [0.2, 0.25) is 0 Å². The van der Waals surface area contributed by atoms with Gasteiger partial charge in [-0.2, -0.15) is 0 Å². The highest BCUT2D eigenvalue weighted by atomic mass is 16.1. The Morgan fingerprint density at radius 1 is 1.13 bits per heavy atom. The van der Waals surface area contributed by atoms with E-state index >= 15 is 0 Å². The second-order valence-corrected chi connectivity index (χ2v) is 8.26. The smallest absolute Gasteiger partial charge is 0.251 e. The number of nitrogens with zero attached hydrogens (tertiary/aromatic N) is 5. The van der Waals surface area contributed by atoms with Gasteiger partial charge in [0, 0.05) is 61.6 Å². The minimum Gasteiger partial charge on any atom is -0.384 e. The Morgan fingerprint density at radius 3 is 2.80 bits per heavy atom. The molecular formula is C21H23N7O2. The SMILES string of the molecule is Cc1nc(CN2C[C@@H]3C[C@H](C2)c2cc(-c4cc(N)ncn4)cc(=O)n2C3)cc(=O)[nH]1. The van der Waals surface area contributed by atoms with Gasteiger partial charge in [0.25, 0.3) is 11.1 Å². The number of pyridine rings is 1. The minimum absolute atomic E-state index is 0.00489. The van der Waals surface area contributed by atoms with Crippen LogP contribution >= 0.6 is 0 Å². The van der Waals surface area contributed by atoms with Crippen molar-refractivity contribution in [2.24, 2.45) is 5.92 Å². The fourth-order valence-corrected chi connectivity index (χ4v) is 4.82. The van der Waals surface area contributed by atoms with Gasteiger partial charge in [0.1, 0.15) is 18.0 Å². The monoisotopic (exact) mass is 405 g/mol. The molecule has 30 heavy (non-hydrogen) atoms. The summed E-state index contributed by atoms with van der Waals surface area (Å²) in [5.74, 6) is 1.65. The maximum Gasteiger partial charge on any atom is 0.251 e. The second-order valence-electron chi connectivity index (χ2n) is 8.26. The van der Waals surface area contributed by atoms with Gasteiger partial charge in [-0.15, -0.1) is 0 Å². The lowest BCUT2D eigenvalue weighted by molar-refractivity contribution is 0.113. The molecule has 3 aromatic heterocycles. The van der Waals surface area contributed by atoms with Crippen molar-refractivity contribution < 1.29 is 0 Å². The van der Waals surface area contributed by atoms with Gasteiger partial charge in [-0.25, -0.2) is 15.0 Å². The van der Waals surface area contributed by atoms with Crippen molar-refractivity contribution >= 4 is 5.82 Å². The molecular weight excluding hydrogens is 382 g/mol. The number of nitrogen functional groups attached to an aromatic ring is 1. The van der Waals surface area contributed by atoms with Crippen LogP contribution in [0, 0.1) is 12.8 Å². The van der Waals surface area contributed by atoms with E-state index in [-0.39, 0.29) is 17.0 Å². The normalized spacial score (nSPS) is 20.7. The number of nitrogens with two attached hydrogens (primary N) is 1. The Balaban J connectivity index is 1.46. The number of fused-ring (bicyclic) bond motifs is 4. The molecule has 154 valence electrons. The molecule has 9 nitrogen and oxygen atoms in total. The molecule has 3 N–H and O–H groups in total. The number of aryl methyl sites for hydroxylation is 1. The Kier molecular flexibility index (Phi) is 4.47. The molecule has 2 aliphatic rings. The van der Waals surface area contributed by atoms with E-state index in [1.807, 2.05) is 4.57 Å². The van der Waals surface area contributed by atoms with E-state index in [9.17, 15) is 9.59 Å². The molecule has 0 unspecified atom stereocenters. The van der Waals surface area contributed by atoms with Crippen LogP contribution in [0.5, 0.6) is 0 Å². The number of piperidine rings is 1. The molecule has 5 heterocycles. The van der Waals surface area contributed by atoms with Crippen LogP contribution in [0.3, 0.4) is 0 Å². The van der Waals surface area contributed by atoms with Crippen LogP contribution < -0.4 is 16.9 Å². The molecule has 2 atom stereocenters. The molecule has 9 heteroatoms. The maximum atomic E-state index is 12.8. The van der Waals surface area contributed by atoms with Gasteiger partial charge in [0.2, 0.25) is 0 Å². The van der Waals surface area contributed by atoms with Crippen LogP contribution in [0.25, 0.3) is 11.3 Å². The fraction of sp³-hybridized carbons (Fsp3) is 0.381. The van der Waals surface area contributed by atoms with Crippen molar-refractivity contribution in [2.45, 2.75) is 32.4 Å². The van der Waals surface area contributed by atoms with Gasteiger partial charge in [0.15, 0.2) is 0 Å². The zero-order valence-corrected chi connectivity index (χ0v) is 16.7. The van der Waals surface area contributed by atoms with E-state index in [1.54, 1.807) is 25.1 Å². The lowest BCUT2D eigenvalue weighted by Crippen LogP contribution is -2.46. The second kappa shape index (κ2) is 7.17. The highest BCUT2D eigenvalue weighted by molar-refractivity contribution is 5.61. The molecule has 0 amide bonds. The van der Waals surface area contributed by atoms with Crippen molar-refractivity contribution in [2.75, 3.05) is 18.8 Å². The summed E-state index contributed by atoms with van der Waals surface area (Å²) >= 11 is 0. The van der Waals surface area contributed by atoms with Gasteiger partial charge in [0.05, 0.1) is 11.4 Å². The standard InChI is InChI=1S/C21H23N7O2/c1-12-25-16(5-20(29)26-12)10-27-7-13-2-15(9-27)18-3-14(4-21(30)28(18)8-13)17-6-19(22)24-11-23-17/h3-6,11,13,15H,2,7-10H2,1H3,(H2,22,23,24)(H,25,26,29)/t13-,15+/m0/s1. The summed E-state index contributed by atoms with van der Waals surface area (Å²) in [7, 11) is 0.